The van der Waals surface area contributed by atoms with Gasteiger partial charge in [0.25, 0.3) is 0 Å². The molecule has 2 aromatic heterocycles. The van der Waals surface area contributed by atoms with E-state index in [1.165, 1.54) is 7.11 Å². The van der Waals surface area contributed by atoms with Crippen molar-refractivity contribution in [2.75, 3.05) is 7.11 Å². The first-order chi connectivity index (χ1) is 10.0. The zero-order valence-electron chi connectivity index (χ0n) is 12.6. The van der Waals surface area contributed by atoms with Crippen molar-refractivity contribution in [1.82, 2.24) is 24.8 Å². The minimum atomic E-state index is -0.462. The predicted octanol–water partition coefficient (Wildman–Crippen LogP) is 1.73. The summed E-state index contributed by atoms with van der Waals surface area (Å²) in [6.07, 6.45) is 1.49. The standard InChI is InChI=1S/C13H18BrN5O2/c1-5-8-11(14)10(18(3)16-8)7-19-9(6-2)12(15-17-19)13(20)21-4/h5-7H2,1-4H3. The Hall–Kier alpha value is -1.70. The van der Waals surface area contributed by atoms with E-state index in [1.54, 1.807) is 4.68 Å². The number of hydrogen-bond acceptors (Lipinski definition) is 5. The molecule has 0 aliphatic carbocycles. The Morgan fingerprint density at radius 1 is 1.29 bits per heavy atom. The summed E-state index contributed by atoms with van der Waals surface area (Å²) in [6.45, 7) is 4.51. The van der Waals surface area contributed by atoms with Crippen LogP contribution in [0.4, 0.5) is 0 Å². The van der Waals surface area contributed by atoms with Crippen LogP contribution in [-0.2, 0) is 31.2 Å². The van der Waals surface area contributed by atoms with E-state index in [4.69, 9.17) is 4.74 Å². The van der Waals surface area contributed by atoms with Gasteiger partial charge in [0.15, 0.2) is 5.69 Å². The van der Waals surface area contributed by atoms with Crippen LogP contribution < -0.4 is 0 Å². The monoisotopic (exact) mass is 355 g/mol. The Kier molecular flexibility index (Phi) is 4.76. The molecule has 0 fully saturated rings. The van der Waals surface area contributed by atoms with E-state index in [9.17, 15) is 4.79 Å². The van der Waals surface area contributed by atoms with E-state index < -0.39 is 5.97 Å². The Morgan fingerprint density at radius 2 is 2.00 bits per heavy atom. The van der Waals surface area contributed by atoms with Gasteiger partial charge >= 0.3 is 5.97 Å². The van der Waals surface area contributed by atoms with Crippen LogP contribution in [-0.4, -0.2) is 37.9 Å². The van der Waals surface area contributed by atoms with Gasteiger partial charge in [0, 0.05) is 7.05 Å². The minimum absolute atomic E-state index is 0.272. The third-order valence-corrected chi connectivity index (χ3v) is 4.27. The maximum absolute atomic E-state index is 11.7. The Morgan fingerprint density at radius 3 is 2.52 bits per heavy atom. The summed E-state index contributed by atoms with van der Waals surface area (Å²) in [4.78, 5) is 11.7. The number of aryl methyl sites for hydroxylation is 2. The Bertz CT molecular complexity index is 662. The Balaban J connectivity index is 2.39. The highest BCUT2D eigenvalue weighted by atomic mass is 79.9. The molecule has 0 radical (unpaired) electrons. The maximum Gasteiger partial charge on any atom is 0.360 e. The highest BCUT2D eigenvalue weighted by Gasteiger charge is 2.21. The molecule has 7 nitrogen and oxygen atoms in total. The van der Waals surface area contributed by atoms with Crippen LogP contribution in [0.1, 0.15) is 41.4 Å². The van der Waals surface area contributed by atoms with E-state index >= 15 is 0 Å². The highest BCUT2D eigenvalue weighted by Crippen LogP contribution is 2.23. The van der Waals surface area contributed by atoms with Crippen LogP contribution in [0.2, 0.25) is 0 Å². The van der Waals surface area contributed by atoms with Crippen LogP contribution in [0, 0.1) is 0 Å². The van der Waals surface area contributed by atoms with Crippen LogP contribution in [0.3, 0.4) is 0 Å². The molecular weight excluding hydrogens is 338 g/mol. The van der Waals surface area contributed by atoms with Crippen molar-refractivity contribution in [2.24, 2.45) is 7.05 Å². The van der Waals surface area contributed by atoms with Gasteiger partial charge in [-0.05, 0) is 28.8 Å². The van der Waals surface area contributed by atoms with Gasteiger partial charge in [-0.3, -0.25) is 4.68 Å². The molecule has 0 amide bonds. The molecular formula is C13H18BrN5O2. The third-order valence-electron chi connectivity index (χ3n) is 3.35. The molecule has 0 unspecified atom stereocenters. The lowest BCUT2D eigenvalue weighted by atomic mass is 10.2. The number of hydrogen-bond donors (Lipinski definition) is 0. The molecule has 0 aliphatic heterocycles. The molecule has 2 rings (SSSR count). The molecule has 0 saturated carbocycles. The fourth-order valence-corrected chi connectivity index (χ4v) is 2.94. The summed E-state index contributed by atoms with van der Waals surface area (Å²) >= 11 is 3.58. The molecule has 0 bridgehead atoms. The minimum Gasteiger partial charge on any atom is -0.464 e. The Labute approximate surface area is 131 Å². The quantitative estimate of drug-likeness (QED) is 0.763. The summed E-state index contributed by atoms with van der Waals surface area (Å²) in [7, 11) is 3.23. The van der Waals surface area contributed by atoms with Gasteiger partial charge in [-0.25, -0.2) is 9.48 Å². The van der Waals surface area contributed by atoms with E-state index in [-0.39, 0.29) is 5.69 Å². The summed E-state index contributed by atoms with van der Waals surface area (Å²) in [5.74, 6) is -0.462. The van der Waals surface area contributed by atoms with Crippen LogP contribution in [0.15, 0.2) is 4.47 Å². The van der Waals surface area contributed by atoms with E-state index in [0.29, 0.717) is 13.0 Å². The van der Waals surface area contributed by atoms with Crippen LogP contribution >= 0.6 is 15.9 Å². The first kappa shape index (κ1) is 15.7. The van der Waals surface area contributed by atoms with Crippen molar-refractivity contribution < 1.29 is 9.53 Å². The number of methoxy groups -OCH3 is 1. The summed E-state index contributed by atoms with van der Waals surface area (Å²) in [6, 6.07) is 0. The first-order valence-electron chi connectivity index (χ1n) is 6.74. The largest absolute Gasteiger partial charge is 0.464 e. The van der Waals surface area contributed by atoms with Crippen molar-refractivity contribution in [3.63, 3.8) is 0 Å². The molecule has 0 aliphatic rings. The van der Waals surface area contributed by atoms with Crippen LogP contribution in [0.25, 0.3) is 0 Å². The van der Waals surface area contributed by atoms with Gasteiger partial charge in [-0.1, -0.05) is 19.1 Å². The highest BCUT2D eigenvalue weighted by molar-refractivity contribution is 9.10. The smallest absolute Gasteiger partial charge is 0.360 e. The second-order valence-electron chi connectivity index (χ2n) is 4.57. The lowest BCUT2D eigenvalue weighted by molar-refractivity contribution is 0.0592. The third kappa shape index (κ3) is 2.85. The van der Waals surface area contributed by atoms with Crippen molar-refractivity contribution in [2.45, 2.75) is 33.2 Å². The molecule has 0 atom stereocenters. The summed E-state index contributed by atoms with van der Waals surface area (Å²) in [5.41, 5.74) is 3.02. The van der Waals surface area contributed by atoms with Crippen molar-refractivity contribution in [3.8, 4) is 0 Å². The van der Waals surface area contributed by atoms with Gasteiger partial charge in [-0.2, -0.15) is 5.10 Å². The molecule has 0 saturated heterocycles. The zero-order valence-corrected chi connectivity index (χ0v) is 14.1. The number of esters is 1. The van der Waals surface area contributed by atoms with Crippen molar-refractivity contribution in [1.29, 1.82) is 0 Å². The second-order valence-corrected chi connectivity index (χ2v) is 5.37. The normalized spacial score (nSPS) is 10.9. The molecule has 2 aromatic rings. The SMILES string of the molecule is CCc1nn(C)c(Cn2nnc(C(=O)OC)c2CC)c1Br. The second kappa shape index (κ2) is 6.38. The molecule has 0 N–H and O–H groups in total. The zero-order chi connectivity index (χ0) is 15.6. The number of ether oxygens (including phenoxy) is 1. The van der Waals surface area contributed by atoms with Gasteiger partial charge in [-0.15, -0.1) is 5.10 Å². The molecule has 2 heterocycles. The average Bonchev–Trinajstić information content (AvgIpc) is 3.01. The number of carbonyl (C=O) groups excluding carboxylic acids is 1. The number of nitrogens with zero attached hydrogens (tertiary/aromatic N) is 5. The topological polar surface area (TPSA) is 74.8 Å². The summed E-state index contributed by atoms with van der Waals surface area (Å²) in [5, 5.41) is 12.5. The fraction of sp³-hybridized carbons (Fsp3) is 0.538. The first-order valence-corrected chi connectivity index (χ1v) is 7.53. The van der Waals surface area contributed by atoms with E-state index in [1.807, 2.05) is 18.7 Å². The van der Waals surface area contributed by atoms with Gasteiger partial charge in [0.2, 0.25) is 0 Å². The molecule has 114 valence electrons. The van der Waals surface area contributed by atoms with Gasteiger partial charge < -0.3 is 4.74 Å². The van der Waals surface area contributed by atoms with Gasteiger partial charge in [0.1, 0.15) is 0 Å². The van der Waals surface area contributed by atoms with Crippen molar-refractivity contribution in [3.05, 3.63) is 27.2 Å². The number of aromatic nitrogens is 5. The maximum atomic E-state index is 11.7. The summed E-state index contributed by atoms with van der Waals surface area (Å²) < 4.78 is 9.24. The van der Waals surface area contributed by atoms with Gasteiger partial charge in [0.05, 0.1) is 35.2 Å². The number of rotatable bonds is 5. The van der Waals surface area contributed by atoms with E-state index in [2.05, 4.69) is 38.3 Å². The fourth-order valence-electron chi connectivity index (χ4n) is 2.20. The molecule has 0 aromatic carbocycles. The molecule has 0 spiro atoms. The number of halogens is 1. The molecule has 21 heavy (non-hydrogen) atoms. The molecule has 8 heteroatoms. The van der Waals surface area contributed by atoms with Crippen molar-refractivity contribution >= 4 is 21.9 Å². The lowest BCUT2D eigenvalue weighted by Crippen LogP contribution is -2.12. The lowest BCUT2D eigenvalue weighted by Gasteiger charge is -2.06. The number of carbonyl (C=O) groups is 1. The van der Waals surface area contributed by atoms with Crippen LogP contribution in [0.5, 0.6) is 0 Å². The van der Waals surface area contributed by atoms with E-state index in [0.717, 1.165) is 28.0 Å². The average molecular weight is 356 g/mol. The predicted molar refractivity (Wildman–Crippen MR) is 80.1 cm³/mol.